The van der Waals surface area contributed by atoms with Gasteiger partial charge < -0.3 is 4.90 Å². The summed E-state index contributed by atoms with van der Waals surface area (Å²) in [4.78, 5) is 11.9. The van der Waals surface area contributed by atoms with E-state index in [9.17, 15) is 22.0 Å². The predicted molar refractivity (Wildman–Crippen MR) is 57.9 cm³/mol. The highest BCUT2D eigenvalue weighted by Crippen LogP contribution is 2.24. The Hall–Kier alpha value is -1.54. The number of carbonyl (C=O) groups excluding carboxylic acids is 1. The van der Waals surface area contributed by atoms with Crippen LogP contribution in [0.5, 0.6) is 0 Å². The molecule has 1 aromatic carbocycles. The van der Waals surface area contributed by atoms with Crippen LogP contribution in [0.15, 0.2) is 30.3 Å². The molecule has 0 radical (unpaired) electrons. The Morgan fingerprint density at radius 1 is 1.29 bits per heavy atom. The lowest BCUT2D eigenvalue weighted by Gasteiger charge is -2.21. The molecule has 8 heteroatoms. The van der Waals surface area contributed by atoms with Gasteiger partial charge in [0, 0.05) is 12.7 Å². The number of primary sulfonamides is 1. The predicted octanol–water partition coefficient (Wildman–Crippen LogP) is 0.531. The molecule has 0 unspecified atom stereocenters. The fourth-order valence-corrected chi connectivity index (χ4v) is 1.47. The zero-order chi connectivity index (χ0) is 13.3. The summed E-state index contributed by atoms with van der Waals surface area (Å²) in [5, 5.41) is -0.337. The largest absolute Gasteiger partial charge is 0.435 e. The third-order valence-corrected chi connectivity index (χ3v) is 2.94. The minimum absolute atomic E-state index is 0.140. The molecular weight excluding hydrogens is 254 g/mol. The summed E-state index contributed by atoms with van der Waals surface area (Å²) in [7, 11) is -4.24. The maximum atomic E-state index is 13.2. The number of halogens is 2. The van der Waals surface area contributed by atoms with Crippen LogP contribution in [0.3, 0.4) is 0 Å². The Kier molecular flexibility index (Phi) is 3.48. The number of rotatable bonds is 3. The molecule has 0 atom stereocenters. The van der Waals surface area contributed by atoms with Crippen molar-refractivity contribution < 1.29 is 22.0 Å². The van der Waals surface area contributed by atoms with Gasteiger partial charge in [0.25, 0.3) is 10.0 Å². The van der Waals surface area contributed by atoms with Crippen molar-refractivity contribution in [2.24, 2.45) is 5.14 Å². The first-order chi connectivity index (χ1) is 7.68. The molecule has 17 heavy (non-hydrogen) atoms. The van der Waals surface area contributed by atoms with Crippen LogP contribution < -0.4 is 10.0 Å². The molecule has 0 saturated carbocycles. The zero-order valence-electron chi connectivity index (χ0n) is 8.80. The Balaban J connectivity index is 3.08. The van der Waals surface area contributed by atoms with E-state index < -0.39 is 21.2 Å². The molecule has 0 aliphatic carbocycles. The van der Waals surface area contributed by atoms with Crippen molar-refractivity contribution in [3.63, 3.8) is 0 Å². The number of amides is 1. The fraction of sp³-hybridized carbons (Fsp3) is 0.222. The summed E-state index contributed by atoms with van der Waals surface area (Å²) in [6.45, 7) is 0. The van der Waals surface area contributed by atoms with Crippen molar-refractivity contribution in [3.05, 3.63) is 30.3 Å². The first kappa shape index (κ1) is 13.5. The minimum atomic E-state index is -5.28. The number of nitrogens with two attached hydrogens (primary N) is 1. The smallest absolute Gasteiger partial charge is 0.309 e. The molecule has 94 valence electrons. The second-order valence-corrected chi connectivity index (χ2v) is 4.86. The van der Waals surface area contributed by atoms with E-state index in [1.54, 1.807) is 6.07 Å². The molecule has 1 aromatic rings. The summed E-state index contributed by atoms with van der Waals surface area (Å²) >= 11 is 0. The van der Waals surface area contributed by atoms with Crippen molar-refractivity contribution in [2.75, 3.05) is 11.9 Å². The lowest BCUT2D eigenvalue weighted by atomic mass is 10.3. The Bertz CT molecular complexity index is 516. The Labute approximate surface area is 96.9 Å². The highest BCUT2D eigenvalue weighted by Gasteiger charge is 2.52. The molecule has 0 bridgehead atoms. The van der Waals surface area contributed by atoms with Crippen LogP contribution in [-0.2, 0) is 14.8 Å². The lowest BCUT2D eigenvalue weighted by Crippen LogP contribution is -2.49. The molecule has 0 heterocycles. The summed E-state index contributed by atoms with van der Waals surface area (Å²) in [5.41, 5.74) is 0.140. The van der Waals surface area contributed by atoms with E-state index in [1.165, 1.54) is 24.3 Å². The van der Waals surface area contributed by atoms with Gasteiger partial charge in [0.05, 0.1) is 0 Å². The molecule has 5 nitrogen and oxygen atoms in total. The minimum Gasteiger partial charge on any atom is -0.309 e. The average Bonchev–Trinajstić information content (AvgIpc) is 2.26. The molecule has 0 saturated heterocycles. The van der Waals surface area contributed by atoms with E-state index in [0.717, 1.165) is 7.05 Å². The summed E-state index contributed by atoms with van der Waals surface area (Å²) in [6, 6.07) is 7.44. The van der Waals surface area contributed by atoms with Crippen LogP contribution >= 0.6 is 0 Å². The van der Waals surface area contributed by atoms with E-state index in [0.29, 0.717) is 4.90 Å². The van der Waals surface area contributed by atoms with Gasteiger partial charge in [0.2, 0.25) is 0 Å². The van der Waals surface area contributed by atoms with Crippen molar-refractivity contribution in [1.29, 1.82) is 0 Å². The molecule has 1 rings (SSSR count). The maximum absolute atomic E-state index is 13.2. The van der Waals surface area contributed by atoms with Crippen molar-refractivity contribution >= 4 is 21.6 Å². The van der Waals surface area contributed by atoms with Gasteiger partial charge in [-0.3, -0.25) is 4.79 Å². The van der Waals surface area contributed by atoms with Crippen LogP contribution in [0.1, 0.15) is 0 Å². The number of sulfonamides is 1. The molecule has 0 spiro atoms. The van der Waals surface area contributed by atoms with Crippen LogP contribution in [0.4, 0.5) is 14.5 Å². The number of benzene rings is 1. The van der Waals surface area contributed by atoms with Crippen LogP contribution in [0.2, 0.25) is 0 Å². The van der Waals surface area contributed by atoms with Gasteiger partial charge in [-0.25, -0.2) is 13.6 Å². The molecule has 2 N–H and O–H groups in total. The van der Waals surface area contributed by atoms with Crippen LogP contribution in [-0.4, -0.2) is 26.6 Å². The molecular formula is C9H10F2N2O3S. The van der Waals surface area contributed by atoms with Gasteiger partial charge >= 0.3 is 11.2 Å². The molecule has 0 aliphatic heterocycles. The number of anilines is 1. The summed E-state index contributed by atoms with van der Waals surface area (Å²) in [5.74, 6) is -1.90. The SMILES string of the molecule is CN(C(=O)C(F)(F)S(N)(=O)=O)c1ccccc1. The number of alkyl halides is 2. The summed E-state index contributed by atoms with van der Waals surface area (Å²) < 4.78 is 47.5. The van der Waals surface area contributed by atoms with Crippen molar-refractivity contribution in [2.45, 2.75) is 5.25 Å². The number of carbonyl (C=O) groups is 1. The zero-order valence-corrected chi connectivity index (χ0v) is 9.62. The van der Waals surface area contributed by atoms with Crippen molar-refractivity contribution in [1.82, 2.24) is 0 Å². The van der Waals surface area contributed by atoms with E-state index in [4.69, 9.17) is 0 Å². The van der Waals surface area contributed by atoms with Crippen LogP contribution in [0, 0.1) is 0 Å². The number of para-hydroxylation sites is 1. The third kappa shape index (κ3) is 2.59. The average molecular weight is 264 g/mol. The highest BCUT2D eigenvalue weighted by molar-refractivity contribution is 7.91. The van der Waals surface area contributed by atoms with Gasteiger partial charge in [0.1, 0.15) is 0 Å². The summed E-state index contributed by atoms with van der Waals surface area (Å²) in [6.07, 6.45) is 0. The van der Waals surface area contributed by atoms with E-state index in [-0.39, 0.29) is 5.69 Å². The molecule has 0 aliphatic rings. The standard InChI is InChI=1S/C9H10F2N2O3S/c1-13(7-5-3-2-4-6-7)8(14)9(10,11)17(12,15)16/h2-6H,1H3,(H2,12,15,16). The van der Waals surface area contributed by atoms with E-state index in [1.807, 2.05) is 0 Å². The van der Waals surface area contributed by atoms with Crippen LogP contribution in [0.25, 0.3) is 0 Å². The van der Waals surface area contributed by atoms with E-state index in [2.05, 4.69) is 5.14 Å². The maximum Gasteiger partial charge on any atom is 0.435 e. The molecule has 0 aromatic heterocycles. The second-order valence-electron chi connectivity index (χ2n) is 3.26. The van der Waals surface area contributed by atoms with E-state index >= 15 is 0 Å². The van der Waals surface area contributed by atoms with Gasteiger partial charge in [-0.1, -0.05) is 18.2 Å². The monoisotopic (exact) mass is 264 g/mol. The normalized spacial score (nSPS) is 12.2. The van der Waals surface area contributed by atoms with Gasteiger partial charge in [-0.15, -0.1) is 0 Å². The Morgan fingerprint density at radius 3 is 2.18 bits per heavy atom. The first-order valence-electron chi connectivity index (χ1n) is 4.41. The first-order valence-corrected chi connectivity index (χ1v) is 5.96. The highest BCUT2D eigenvalue weighted by atomic mass is 32.2. The quantitative estimate of drug-likeness (QED) is 0.864. The topological polar surface area (TPSA) is 80.5 Å². The number of hydrogen-bond acceptors (Lipinski definition) is 3. The van der Waals surface area contributed by atoms with Gasteiger partial charge in [0.15, 0.2) is 0 Å². The third-order valence-electron chi connectivity index (χ3n) is 2.05. The fourth-order valence-electron chi connectivity index (χ4n) is 1.09. The lowest BCUT2D eigenvalue weighted by molar-refractivity contribution is -0.132. The Morgan fingerprint density at radius 2 is 1.76 bits per heavy atom. The molecule has 1 amide bonds. The number of nitrogens with zero attached hydrogens (tertiary/aromatic N) is 1. The van der Waals surface area contributed by atoms with Crippen molar-refractivity contribution in [3.8, 4) is 0 Å². The molecule has 0 fully saturated rings. The number of hydrogen-bond donors (Lipinski definition) is 1. The van der Waals surface area contributed by atoms with Gasteiger partial charge in [-0.05, 0) is 12.1 Å². The van der Waals surface area contributed by atoms with Gasteiger partial charge in [-0.2, -0.15) is 8.78 Å². The second kappa shape index (κ2) is 4.38.